The third-order valence-electron chi connectivity index (χ3n) is 9.02. The highest BCUT2D eigenvalue weighted by Gasteiger charge is 2.66. The number of ketones is 2. The molecule has 1 aromatic carbocycles. The number of rotatable bonds is 4. The molecule has 1 N–H and O–H groups in total. The van der Waals surface area contributed by atoms with Crippen molar-refractivity contribution in [2.24, 2.45) is 5.41 Å². The van der Waals surface area contributed by atoms with Crippen molar-refractivity contribution in [2.45, 2.75) is 97.2 Å². The number of hydrogen-bond donors (Lipinski definition) is 1. The number of piperidine rings is 1. The lowest BCUT2D eigenvalue weighted by atomic mass is 9.96. The second-order valence-electron chi connectivity index (χ2n) is 11.8. The van der Waals surface area contributed by atoms with Gasteiger partial charge >= 0.3 is 0 Å². The van der Waals surface area contributed by atoms with Crippen LogP contribution in [0, 0.1) is 12.3 Å². The van der Waals surface area contributed by atoms with Crippen molar-refractivity contribution in [1.29, 1.82) is 0 Å². The maximum atomic E-state index is 14.0. The minimum Gasteiger partial charge on any atom is -0.421 e. The molecular weight excluding hydrogens is 508 g/mol. The summed E-state index contributed by atoms with van der Waals surface area (Å²) in [6, 6.07) is 3.59. The summed E-state index contributed by atoms with van der Waals surface area (Å²) in [7, 11) is 0. The van der Waals surface area contributed by atoms with Crippen LogP contribution in [0.2, 0.25) is 0 Å². The summed E-state index contributed by atoms with van der Waals surface area (Å²) in [5.74, 6) is 0.699. The normalized spacial score (nSPS) is 25.6. The van der Waals surface area contributed by atoms with Crippen molar-refractivity contribution < 1.29 is 18.8 Å². The standard InChI is InChI=1S/C30H38N6O4/c1-4-24(38)23-14-30-15-25(30)36(23)26(39)16-35-28-20(10-8-6-5-7-9-11-31-17-30)12-21(29-33-32-19(3)40-29)13-22(28)27(34-35)18(2)37/h12-13,23,25,31H,4-11,14-17H2,1-3H3/t23-,25+,30-/m0/s1. The Kier molecular flexibility index (Phi) is 7.06. The highest BCUT2D eigenvalue weighted by Crippen LogP contribution is 2.59. The molecule has 3 aliphatic rings. The molecule has 1 amide bonds. The summed E-state index contributed by atoms with van der Waals surface area (Å²) in [5.41, 5.74) is 2.85. The van der Waals surface area contributed by atoms with Crippen LogP contribution >= 0.6 is 0 Å². The molecule has 0 radical (unpaired) electrons. The smallest absolute Gasteiger partial charge is 0.247 e. The van der Waals surface area contributed by atoms with Gasteiger partial charge in [0.1, 0.15) is 12.2 Å². The van der Waals surface area contributed by atoms with E-state index in [1.165, 1.54) is 6.92 Å². The zero-order chi connectivity index (χ0) is 28.0. The summed E-state index contributed by atoms with van der Waals surface area (Å²) < 4.78 is 7.42. The first-order chi connectivity index (χ1) is 19.3. The molecule has 2 bridgehead atoms. The van der Waals surface area contributed by atoms with E-state index >= 15 is 0 Å². The third kappa shape index (κ3) is 4.76. The Hall–Kier alpha value is -3.40. The van der Waals surface area contributed by atoms with Gasteiger partial charge in [-0.3, -0.25) is 19.1 Å². The van der Waals surface area contributed by atoms with E-state index < -0.39 is 6.04 Å². The molecule has 2 aromatic heterocycles. The summed E-state index contributed by atoms with van der Waals surface area (Å²) in [4.78, 5) is 41.6. The lowest BCUT2D eigenvalue weighted by Crippen LogP contribution is -2.44. The molecule has 1 saturated carbocycles. The van der Waals surface area contributed by atoms with E-state index in [4.69, 9.17) is 9.52 Å². The number of Topliss-reactive ketones (excluding diaryl/α,β-unsaturated/α-hetero) is 2. The van der Waals surface area contributed by atoms with Crippen LogP contribution in [-0.2, 0) is 22.6 Å². The summed E-state index contributed by atoms with van der Waals surface area (Å²) >= 11 is 0. The molecule has 0 spiro atoms. The van der Waals surface area contributed by atoms with E-state index in [1.807, 2.05) is 24.0 Å². The van der Waals surface area contributed by atoms with Gasteiger partial charge in [-0.2, -0.15) is 5.10 Å². The van der Waals surface area contributed by atoms with E-state index in [0.717, 1.165) is 81.1 Å². The van der Waals surface area contributed by atoms with Crippen molar-refractivity contribution in [2.75, 3.05) is 13.1 Å². The van der Waals surface area contributed by atoms with Crippen molar-refractivity contribution in [3.05, 3.63) is 29.3 Å². The van der Waals surface area contributed by atoms with Crippen LogP contribution in [0.5, 0.6) is 0 Å². The molecule has 1 aliphatic carbocycles. The number of carbonyl (C=O) groups is 3. The fourth-order valence-corrected chi connectivity index (χ4v) is 6.90. The van der Waals surface area contributed by atoms with Gasteiger partial charge < -0.3 is 14.6 Å². The number of amides is 1. The zero-order valence-electron chi connectivity index (χ0n) is 23.7. The van der Waals surface area contributed by atoms with Gasteiger partial charge in [0.25, 0.3) is 0 Å². The quantitative estimate of drug-likeness (QED) is 0.487. The average Bonchev–Trinajstić information content (AvgIpc) is 3.22. The van der Waals surface area contributed by atoms with Gasteiger partial charge in [0, 0.05) is 49.2 Å². The molecule has 3 atom stereocenters. The summed E-state index contributed by atoms with van der Waals surface area (Å²) in [6.45, 7) is 6.91. The van der Waals surface area contributed by atoms with E-state index in [0.29, 0.717) is 29.3 Å². The lowest BCUT2D eigenvalue weighted by Gasteiger charge is -2.26. The Morgan fingerprint density at radius 3 is 2.67 bits per heavy atom. The SMILES string of the molecule is CCC(=O)[C@@H]1C[C@]23CNCCCCCCCc4cc(-c5nnc(C)o5)cc5c(C(C)=O)nn(c45)CC(=O)N1[C@@H]2C3. The van der Waals surface area contributed by atoms with Gasteiger partial charge in [0.2, 0.25) is 17.7 Å². The summed E-state index contributed by atoms with van der Waals surface area (Å²) in [6.07, 6.45) is 8.34. The molecule has 1 saturated heterocycles. The Morgan fingerprint density at radius 1 is 1.12 bits per heavy atom. The van der Waals surface area contributed by atoms with Crippen LogP contribution in [0.25, 0.3) is 22.4 Å². The highest BCUT2D eigenvalue weighted by atomic mass is 16.4. The van der Waals surface area contributed by atoms with Crippen molar-refractivity contribution in [1.82, 2.24) is 30.2 Å². The number of nitrogens with zero attached hydrogens (tertiary/aromatic N) is 5. The van der Waals surface area contributed by atoms with Gasteiger partial charge in [-0.25, -0.2) is 0 Å². The summed E-state index contributed by atoms with van der Waals surface area (Å²) in [5, 5.41) is 17.2. The van der Waals surface area contributed by atoms with E-state index in [1.54, 1.807) is 11.6 Å². The van der Waals surface area contributed by atoms with Crippen molar-refractivity contribution in [3.63, 3.8) is 0 Å². The Balaban J connectivity index is 1.44. The van der Waals surface area contributed by atoms with Crippen LogP contribution < -0.4 is 5.32 Å². The van der Waals surface area contributed by atoms with Gasteiger partial charge in [-0.05, 0) is 56.3 Å². The number of hydrogen-bond acceptors (Lipinski definition) is 8. The molecule has 3 aromatic rings. The molecular formula is C30H38N6O4. The maximum Gasteiger partial charge on any atom is 0.247 e. The molecule has 10 nitrogen and oxygen atoms in total. The molecule has 10 heteroatoms. The molecule has 212 valence electrons. The molecule has 4 heterocycles. The van der Waals surface area contributed by atoms with Crippen molar-refractivity contribution in [3.8, 4) is 11.5 Å². The van der Waals surface area contributed by atoms with Crippen molar-refractivity contribution >= 4 is 28.4 Å². The van der Waals surface area contributed by atoms with Gasteiger partial charge in [0.05, 0.1) is 11.6 Å². The fraction of sp³-hybridized carbons (Fsp3) is 0.600. The molecule has 6 rings (SSSR count). The number of aromatic nitrogens is 4. The van der Waals surface area contributed by atoms with Crippen LogP contribution in [0.1, 0.15) is 87.2 Å². The van der Waals surface area contributed by atoms with Gasteiger partial charge in [-0.15, -0.1) is 10.2 Å². The first-order valence-electron chi connectivity index (χ1n) is 14.7. The van der Waals surface area contributed by atoms with Gasteiger partial charge in [0.15, 0.2) is 11.6 Å². The average molecular weight is 547 g/mol. The number of nitrogens with one attached hydrogen (secondary N) is 1. The van der Waals surface area contributed by atoms with Crippen LogP contribution in [0.4, 0.5) is 0 Å². The number of benzene rings is 1. The largest absolute Gasteiger partial charge is 0.421 e. The predicted molar refractivity (Wildman–Crippen MR) is 149 cm³/mol. The van der Waals surface area contributed by atoms with E-state index in [9.17, 15) is 14.4 Å². The monoisotopic (exact) mass is 546 g/mol. The highest BCUT2D eigenvalue weighted by molar-refractivity contribution is 6.07. The minimum atomic E-state index is -0.391. The minimum absolute atomic E-state index is 0.0106. The fourth-order valence-electron chi connectivity index (χ4n) is 6.90. The van der Waals surface area contributed by atoms with Gasteiger partial charge in [-0.1, -0.05) is 26.2 Å². The second-order valence-corrected chi connectivity index (χ2v) is 11.8. The Bertz CT molecular complexity index is 1470. The Morgan fingerprint density at radius 2 is 1.93 bits per heavy atom. The Labute approximate surface area is 233 Å². The second kappa shape index (κ2) is 10.5. The van der Waals surface area contributed by atoms with Crippen LogP contribution in [0.3, 0.4) is 0 Å². The van der Waals surface area contributed by atoms with E-state index in [2.05, 4.69) is 15.5 Å². The predicted octanol–water partition coefficient (Wildman–Crippen LogP) is 4.03. The van der Waals surface area contributed by atoms with E-state index in [-0.39, 0.29) is 35.5 Å². The van der Waals surface area contributed by atoms with Crippen LogP contribution in [-0.4, -0.2) is 67.5 Å². The number of carbonyl (C=O) groups excluding carboxylic acids is 3. The van der Waals surface area contributed by atoms with Crippen LogP contribution in [0.15, 0.2) is 16.5 Å². The topological polar surface area (TPSA) is 123 Å². The molecule has 2 aliphatic heterocycles. The molecule has 0 unspecified atom stereocenters. The first-order valence-corrected chi connectivity index (χ1v) is 14.7. The zero-order valence-corrected chi connectivity index (χ0v) is 23.7. The first kappa shape index (κ1) is 26.8. The molecule has 2 fully saturated rings. The maximum absolute atomic E-state index is 14.0. The molecule has 40 heavy (non-hydrogen) atoms. The lowest BCUT2D eigenvalue weighted by molar-refractivity contribution is -0.139. The number of aryl methyl sites for hydroxylation is 2. The third-order valence-corrected chi connectivity index (χ3v) is 9.02.